The third-order valence-electron chi connectivity index (χ3n) is 6.52. The van der Waals surface area contributed by atoms with Crippen molar-refractivity contribution < 1.29 is 13.5 Å². The van der Waals surface area contributed by atoms with Gasteiger partial charge in [-0.2, -0.15) is 14.6 Å². The molecule has 9 nitrogen and oxygen atoms in total. The van der Waals surface area contributed by atoms with Crippen LogP contribution in [0.3, 0.4) is 0 Å². The minimum Gasteiger partial charge on any atom is -0.390 e. The van der Waals surface area contributed by atoms with Crippen molar-refractivity contribution in [3.05, 3.63) is 22.5 Å². The third kappa shape index (κ3) is 3.54. The van der Waals surface area contributed by atoms with Gasteiger partial charge in [0.2, 0.25) is 16.0 Å². The molecule has 2 fully saturated rings. The Balaban J connectivity index is 1.67. The van der Waals surface area contributed by atoms with Gasteiger partial charge in [0.15, 0.2) is 5.15 Å². The molecule has 1 aliphatic heterocycles. The highest BCUT2D eigenvalue weighted by molar-refractivity contribution is 7.88. The highest BCUT2D eigenvalue weighted by atomic mass is 35.5. The molecule has 0 unspecified atom stereocenters. The van der Waals surface area contributed by atoms with Crippen molar-refractivity contribution in [2.75, 3.05) is 24.7 Å². The second-order valence-corrected chi connectivity index (χ2v) is 10.6. The van der Waals surface area contributed by atoms with Crippen molar-refractivity contribution in [3.63, 3.8) is 0 Å². The molecule has 0 radical (unpaired) electrons. The second-order valence-electron chi connectivity index (χ2n) is 8.26. The number of halogens is 1. The molecule has 0 amide bonds. The van der Waals surface area contributed by atoms with Crippen LogP contribution >= 0.6 is 11.6 Å². The molecule has 30 heavy (non-hydrogen) atoms. The summed E-state index contributed by atoms with van der Waals surface area (Å²) in [6, 6.07) is 3.60. The van der Waals surface area contributed by atoms with Gasteiger partial charge in [0, 0.05) is 18.5 Å². The van der Waals surface area contributed by atoms with E-state index in [-0.39, 0.29) is 23.1 Å². The molecule has 162 valence electrons. The summed E-state index contributed by atoms with van der Waals surface area (Å²) in [5.74, 6) is 0.247. The lowest BCUT2D eigenvalue weighted by Gasteiger charge is -2.41. The van der Waals surface area contributed by atoms with Crippen molar-refractivity contribution >= 4 is 33.1 Å². The highest BCUT2D eigenvalue weighted by Gasteiger charge is 2.42. The fourth-order valence-corrected chi connectivity index (χ4v) is 5.65. The fourth-order valence-electron chi connectivity index (χ4n) is 4.57. The maximum absolute atomic E-state index is 11.7. The predicted octanol–water partition coefficient (Wildman–Crippen LogP) is 1.89. The van der Waals surface area contributed by atoms with Crippen LogP contribution in [0.4, 0.5) is 5.95 Å². The van der Waals surface area contributed by atoms with E-state index in [0.717, 1.165) is 37.6 Å². The normalized spacial score (nSPS) is 24.4. The smallest absolute Gasteiger partial charge is 0.242 e. The number of sulfonamides is 1. The third-order valence-corrected chi connectivity index (χ3v) is 8.07. The van der Waals surface area contributed by atoms with Crippen LogP contribution in [0.1, 0.15) is 50.3 Å². The number of aliphatic hydroxyl groups is 1. The van der Waals surface area contributed by atoms with Gasteiger partial charge >= 0.3 is 0 Å². The summed E-state index contributed by atoms with van der Waals surface area (Å²) in [5, 5.41) is 28.1. The topological polar surface area (TPSA) is 124 Å². The maximum atomic E-state index is 11.7. The Morgan fingerprint density at radius 1 is 1.47 bits per heavy atom. The van der Waals surface area contributed by atoms with Crippen LogP contribution in [-0.2, 0) is 15.4 Å². The molecule has 0 bridgehead atoms. The maximum Gasteiger partial charge on any atom is 0.242 e. The van der Waals surface area contributed by atoms with Gasteiger partial charge in [-0.1, -0.05) is 24.9 Å². The number of hydrogen-bond acceptors (Lipinski definition) is 7. The van der Waals surface area contributed by atoms with Gasteiger partial charge in [-0.15, -0.1) is 5.10 Å². The van der Waals surface area contributed by atoms with Crippen LogP contribution in [-0.4, -0.2) is 63.9 Å². The van der Waals surface area contributed by atoms with E-state index in [4.69, 9.17) is 11.6 Å². The van der Waals surface area contributed by atoms with Gasteiger partial charge in [-0.3, -0.25) is 0 Å². The molecule has 2 atom stereocenters. The van der Waals surface area contributed by atoms with Gasteiger partial charge in [0.1, 0.15) is 11.6 Å². The number of nitrogens with one attached hydrogen (secondary N) is 1. The largest absolute Gasteiger partial charge is 0.390 e. The number of rotatable bonds is 5. The molecule has 2 aromatic heterocycles. The van der Waals surface area contributed by atoms with Crippen molar-refractivity contribution in [2.45, 2.75) is 56.6 Å². The SMILES string of the molecule is CCC1(c2c(C#N)cc3c(Cl)nc(N[C@@H]4CCN(S(C)(=O)=O)C[C@@H]4O)nn23)CCC1. The molecule has 2 aliphatic rings. The molecular weight excluding hydrogens is 428 g/mol. The van der Waals surface area contributed by atoms with Gasteiger partial charge in [0.25, 0.3) is 0 Å². The second kappa shape index (κ2) is 7.64. The van der Waals surface area contributed by atoms with E-state index in [2.05, 4.69) is 28.4 Å². The number of hydrogen-bond donors (Lipinski definition) is 2. The summed E-state index contributed by atoms with van der Waals surface area (Å²) in [7, 11) is -3.35. The number of β-amino-alcohol motifs (C(OH)–C–C–N with tert-alkyl or cyclic N) is 1. The van der Waals surface area contributed by atoms with Crippen LogP contribution in [0.15, 0.2) is 6.07 Å². The summed E-state index contributed by atoms with van der Waals surface area (Å²) >= 11 is 6.42. The molecular formula is C19H25ClN6O3S. The van der Waals surface area contributed by atoms with E-state index in [1.165, 1.54) is 4.31 Å². The number of anilines is 1. The summed E-state index contributed by atoms with van der Waals surface area (Å²) in [5.41, 5.74) is 1.92. The molecule has 1 saturated carbocycles. The van der Waals surface area contributed by atoms with E-state index < -0.39 is 22.2 Å². The Morgan fingerprint density at radius 3 is 2.73 bits per heavy atom. The molecule has 4 rings (SSSR count). The molecule has 0 aromatic carbocycles. The Labute approximate surface area is 180 Å². The van der Waals surface area contributed by atoms with Crippen LogP contribution < -0.4 is 5.32 Å². The van der Waals surface area contributed by atoms with Crippen LogP contribution in [0.2, 0.25) is 5.15 Å². The van der Waals surface area contributed by atoms with E-state index in [0.29, 0.717) is 24.0 Å². The number of piperidine rings is 1. The average Bonchev–Trinajstić information content (AvgIpc) is 3.02. The van der Waals surface area contributed by atoms with Gasteiger partial charge in [-0.05, 0) is 31.7 Å². The lowest BCUT2D eigenvalue weighted by atomic mass is 9.64. The first kappa shape index (κ1) is 21.3. The molecule has 1 saturated heterocycles. The minimum atomic E-state index is -3.35. The Kier molecular flexibility index (Phi) is 5.43. The first-order valence-corrected chi connectivity index (χ1v) is 12.3. The number of nitrogens with zero attached hydrogens (tertiary/aromatic N) is 5. The van der Waals surface area contributed by atoms with E-state index in [1.54, 1.807) is 10.6 Å². The lowest BCUT2D eigenvalue weighted by Crippen LogP contribution is -2.51. The van der Waals surface area contributed by atoms with Gasteiger partial charge in [-0.25, -0.2) is 12.9 Å². The van der Waals surface area contributed by atoms with E-state index in [9.17, 15) is 18.8 Å². The number of aromatic nitrogens is 3. The molecule has 0 spiro atoms. The first-order valence-electron chi connectivity index (χ1n) is 10.1. The zero-order chi connectivity index (χ0) is 21.7. The first-order chi connectivity index (χ1) is 14.2. The Morgan fingerprint density at radius 2 is 2.20 bits per heavy atom. The fraction of sp³-hybridized carbons (Fsp3) is 0.632. The minimum absolute atomic E-state index is 0.0127. The van der Waals surface area contributed by atoms with Crippen LogP contribution in [0.25, 0.3) is 5.52 Å². The standard InChI is InChI=1S/C19H25ClN6O3S/c1-3-19(6-4-7-19)16-12(10-21)9-14-17(20)23-18(24-26(14)16)22-13-5-8-25(11-15(13)27)30(2,28)29/h9,13,15,27H,3-8,11H2,1-2H3,(H,22,24)/t13-,15+/m1/s1. The summed E-state index contributed by atoms with van der Waals surface area (Å²) in [4.78, 5) is 4.31. The zero-order valence-corrected chi connectivity index (χ0v) is 18.5. The van der Waals surface area contributed by atoms with Gasteiger partial charge in [0.05, 0.1) is 29.7 Å². The van der Waals surface area contributed by atoms with E-state index >= 15 is 0 Å². The summed E-state index contributed by atoms with van der Waals surface area (Å²) < 4.78 is 26.5. The number of fused-ring (bicyclic) bond motifs is 1. The quantitative estimate of drug-likeness (QED) is 0.709. The Hall–Kier alpha value is -1.93. The van der Waals surface area contributed by atoms with Crippen molar-refractivity contribution in [1.82, 2.24) is 18.9 Å². The molecule has 11 heteroatoms. The van der Waals surface area contributed by atoms with Crippen LogP contribution in [0.5, 0.6) is 0 Å². The van der Waals surface area contributed by atoms with Crippen LogP contribution in [0, 0.1) is 11.3 Å². The number of aliphatic hydroxyl groups excluding tert-OH is 1. The lowest BCUT2D eigenvalue weighted by molar-refractivity contribution is 0.0950. The number of nitriles is 1. The van der Waals surface area contributed by atoms with Crippen molar-refractivity contribution in [3.8, 4) is 6.07 Å². The highest BCUT2D eigenvalue weighted by Crippen LogP contribution is 2.48. The average molecular weight is 453 g/mol. The monoisotopic (exact) mass is 452 g/mol. The molecule has 2 N–H and O–H groups in total. The molecule has 3 heterocycles. The zero-order valence-electron chi connectivity index (χ0n) is 17.0. The summed E-state index contributed by atoms with van der Waals surface area (Å²) in [6.07, 6.45) is 4.65. The molecule has 2 aromatic rings. The van der Waals surface area contributed by atoms with Gasteiger partial charge < -0.3 is 10.4 Å². The van der Waals surface area contributed by atoms with E-state index in [1.807, 2.05) is 0 Å². The van der Waals surface area contributed by atoms with Crippen molar-refractivity contribution in [2.24, 2.45) is 0 Å². The predicted molar refractivity (Wildman–Crippen MR) is 113 cm³/mol. The summed E-state index contributed by atoms with van der Waals surface area (Å²) in [6.45, 7) is 2.43. The Bertz CT molecular complexity index is 1120. The molecule has 1 aliphatic carbocycles. The van der Waals surface area contributed by atoms with Crippen molar-refractivity contribution in [1.29, 1.82) is 5.26 Å².